The topological polar surface area (TPSA) is 86.8 Å². The van der Waals surface area contributed by atoms with E-state index < -0.39 is 23.8 Å². The number of imidazole rings is 1. The second kappa shape index (κ2) is 8.82. The summed E-state index contributed by atoms with van der Waals surface area (Å²) in [6.45, 7) is 2.96. The molecule has 0 saturated carbocycles. The number of rotatable bonds is 4. The van der Waals surface area contributed by atoms with E-state index in [0.717, 1.165) is 5.56 Å². The number of halogens is 2. The van der Waals surface area contributed by atoms with Gasteiger partial charge in [-0.3, -0.25) is 0 Å². The van der Waals surface area contributed by atoms with Gasteiger partial charge in [0.05, 0.1) is 61.4 Å². The van der Waals surface area contributed by atoms with E-state index >= 15 is 8.78 Å². The van der Waals surface area contributed by atoms with Crippen molar-refractivity contribution >= 4 is 11.7 Å². The summed E-state index contributed by atoms with van der Waals surface area (Å²) in [5.74, 6) is -1.54. The molecule has 1 aromatic carbocycles. The standard InChI is InChI=1S/C23H22F2N6O3/c1-14-3-5-30-19(12-16-13-29(7-8-34-16)23(32)33-2)22(27-20(30)9-14)21-17(24)10-15(11-18(21)25)31-6-4-26-28-31/h3-6,9-11,16H,7-8,12-13H2,1-2H3/t16-/m0/s1. The van der Waals surface area contributed by atoms with E-state index in [9.17, 15) is 4.79 Å². The molecule has 1 atom stereocenters. The molecule has 5 rings (SSSR count). The predicted octanol–water partition coefficient (Wildman–Crippen LogP) is 3.18. The summed E-state index contributed by atoms with van der Waals surface area (Å²) >= 11 is 0. The van der Waals surface area contributed by atoms with E-state index in [-0.39, 0.29) is 23.4 Å². The number of hydrogen-bond acceptors (Lipinski definition) is 6. The van der Waals surface area contributed by atoms with Gasteiger partial charge < -0.3 is 18.8 Å². The highest BCUT2D eigenvalue weighted by Gasteiger charge is 2.29. The lowest BCUT2D eigenvalue weighted by molar-refractivity contribution is -0.0241. The molecular weight excluding hydrogens is 446 g/mol. The number of methoxy groups -OCH3 is 1. The zero-order valence-corrected chi connectivity index (χ0v) is 18.6. The number of carbonyl (C=O) groups is 1. The maximum absolute atomic E-state index is 15.3. The van der Waals surface area contributed by atoms with E-state index in [1.54, 1.807) is 9.30 Å². The van der Waals surface area contributed by atoms with Gasteiger partial charge in [-0.25, -0.2) is 23.2 Å². The van der Waals surface area contributed by atoms with Crippen molar-refractivity contribution in [2.75, 3.05) is 26.8 Å². The maximum atomic E-state index is 15.3. The van der Waals surface area contributed by atoms with Gasteiger partial charge >= 0.3 is 6.09 Å². The first kappa shape index (κ1) is 22.0. The Morgan fingerprint density at radius 1 is 1.24 bits per heavy atom. The van der Waals surface area contributed by atoms with Crippen LogP contribution in [0.3, 0.4) is 0 Å². The predicted molar refractivity (Wildman–Crippen MR) is 118 cm³/mol. The fourth-order valence-electron chi connectivity index (χ4n) is 4.21. The molecule has 0 bridgehead atoms. The largest absolute Gasteiger partial charge is 0.453 e. The second-order valence-electron chi connectivity index (χ2n) is 8.08. The molecule has 4 heterocycles. The average molecular weight is 468 g/mol. The Morgan fingerprint density at radius 2 is 2.03 bits per heavy atom. The zero-order chi connectivity index (χ0) is 23.8. The van der Waals surface area contributed by atoms with Crippen LogP contribution < -0.4 is 0 Å². The molecule has 4 aromatic rings. The van der Waals surface area contributed by atoms with Gasteiger partial charge in [0.15, 0.2) is 0 Å². The number of aryl methyl sites for hydroxylation is 1. The van der Waals surface area contributed by atoms with Crippen LogP contribution in [-0.4, -0.2) is 68.3 Å². The molecule has 34 heavy (non-hydrogen) atoms. The lowest BCUT2D eigenvalue weighted by Crippen LogP contribution is -2.46. The number of carbonyl (C=O) groups excluding carboxylic acids is 1. The molecule has 0 N–H and O–H groups in total. The quantitative estimate of drug-likeness (QED) is 0.457. The molecule has 176 valence electrons. The first-order valence-corrected chi connectivity index (χ1v) is 10.7. The summed E-state index contributed by atoms with van der Waals surface area (Å²) in [6, 6.07) is 6.13. The summed E-state index contributed by atoms with van der Waals surface area (Å²) < 4.78 is 44.4. The number of benzene rings is 1. The molecule has 1 aliphatic heterocycles. The number of morpholine rings is 1. The number of nitrogens with zero attached hydrogens (tertiary/aromatic N) is 6. The Morgan fingerprint density at radius 3 is 2.74 bits per heavy atom. The lowest BCUT2D eigenvalue weighted by atomic mass is 10.0. The lowest BCUT2D eigenvalue weighted by Gasteiger charge is -2.32. The summed E-state index contributed by atoms with van der Waals surface area (Å²) in [5, 5.41) is 7.47. The van der Waals surface area contributed by atoms with Crippen LogP contribution in [0, 0.1) is 18.6 Å². The van der Waals surface area contributed by atoms with E-state index in [1.807, 2.05) is 25.3 Å². The third-order valence-electron chi connectivity index (χ3n) is 5.82. The van der Waals surface area contributed by atoms with Crippen LogP contribution in [0.5, 0.6) is 0 Å². The Balaban J connectivity index is 1.58. The van der Waals surface area contributed by atoms with Crippen LogP contribution in [0.15, 0.2) is 42.9 Å². The number of fused-ring (bicyclic) bond motifs is 1. The zero-order valence-electron chi connectivity index (χ0n) is 18.6. The molecule has 1 saturated heterocycles. The number of pyridine rings is 1. The van der Waals surface area contributed by atoms with Crippen molar-refractivity contribution in [1.29, 1.82) is 0 Å². The first-order valence-electron chi connectivity index (χ1n) is 10.7. The Hall–Kier alpha value is -3.86. The fraction of sp³-hybridized carbons (Fsp3) is 0.304. The monoisotopic (exact) mass is 468 g/mol. The van der Waals surface area contributed by atoms with E-state index in [2.05, 4.69) is 15.3 Å². The van der Waals surface area contributed by atoms with E-state index in [4.69, 9.17) is 9.47 Å². The molecule has 0 radical (unpaired) electrons. The van der Waals surface area contributed by atoms with Gasteiger partial charge in [0, 0.05) is 31.3 Å². The van der Waals surface area contributed by atoms with Crippen LogP contribution in [0.2, 0.25) is 0 Å². The number of ether oxygens (including phenoxy) is 2. The molecule has 9 nitrogen and oxygen atoms in total. The second-order valence-corrected chi connectivity index (χ2v) is 8.08. The summed E-state index contributed by atoms with van der Waals surface area (Å²) in [5.41, 5.74) is 2.26. The van der Waals surface area contributed by atoms with Crippen molar-refractivity contribution in [3.63, 3.8) is 0 Å². The minimum Gasteiger partial charge on any atom is -0.453 e. The molecule has 1 amide bonds. The van der Waals surface area contributed by atoms with Crippen molar-refractivity contribution in [2.24, 2.45) is 0 Å². The Kier molecular flexibility index (Phi) is 5.70. The first-order chi connectivity index (χ1) is 16.4. The van der Waals surface area contributed by atoms with Crippen molar-refractivity contribution in [3.8, 4) is 16.9 Å². The highest BCUT2D eigenvalue weighted by molar-refractivity contribution is 5.70. The van der Waals surface area contributed by atoms with Gasteiger partial charge in [-0.15, -0.1) is 5.10 Å². The highest BCUT2D eigenvalue weighted by atomic mass is 19.1. The van der Waals surface area contributed by atoms with Gasteiger partial charge in [0.2, 0.25) is 0 Å². The van der Waals surface area contributed by atoms with Crippen molar-refractivity contribution in [3.05, 3.63) is 65.7 Å². The highest BCUT2D eigenvalue weighted by Crippen LogP contribution is 2.32. The average Bonchev–Trinajstić information content (AvgIpc) is 3.47. The molecular formula is C23H22F2N6O3. The molecule has 1 fully saturated rings. The summed E-state index contributed by atoms with van der Waals surface area (Å²) in [6.07, 6.45) is 4.19. The summed E-state index contributed by atoms with van der Waals surface area (Å²) in [7, 11) is 1.33. The normalized spacial score (nSPS) is 16.2. The van der Waals surface area contributed by atoms with Crippen molar-refractivity contribution in [2.45, 2.75) is 19.4 Å². The van der Waals surface area contributed by atoms with Crippen LogP contribution in [-0.2, 0) is 15.9 Å². The minimum absolute atomic E-state index is 0.185. The number of hydrogen-bond donors (Lipinski definition) is 0. The number of amides is 1. The molecule has 3 aromatic heterocycles. The SMILES string of the molecule is COC(=O)N1CCO[C@@H](Cc2c(-c3c(F)cc(-n4ccnn4)cc3F)nc3cc(C)ccn23)C1. The Bertz CT molecular complexity index is 1330. The van der Waals surface area contributed by atoms with Crippen LogP contribution in [0.1, 0.15) is 11.3 Å². The van der Waals surface area contributed by atoms with E-state index in [1.165, 1.54) is 36.3 Å². The summed E-state index contributed by atoms with van der Waals surface area (Å²) in [4.78, 5) is 18.1. The van der Waals surface area contributed by atoms with Crippen molar-refractivity contribution in [1.82, 2.24) is 29.3 Å². The Labute approximate surface area is 193 Å². The van der Waals surface area contributed by atoms with Gasteiger partial charge in [-0.05, 0) is 24.6 Å². The molecule has 0 unspecified atom stereocenters. The van der Waals surface area contributed by atoms with E-state index in [0.29, 0.717) is 31.0 Å². The van der Waals surface area contributed by atoms with Crippen LogP contribution in [0.25, 0.3) is 22.6 Å². The number of aromatic nitrogens is 5. The molecule has 1 aliphatic rings. The maximum Gasteiger partial charge on any atom is 0.409 e. The van der Waals surface area contributed by atoms with Crippen LogP contribution >= 0.6 is 0 Å². The van der Waals surface area contributed by atoms with Gasteiger partial charge in [0.1, 0.15) is 17.3 Å². The fourth-order valence-corrected chi connectivity index (χ4v) is 4.21. The molecule has 11 heteroatoms. The smallest absolute Gasteiger partial charge is 0.409 e. The van der Waals surface area contributed by atoms with Gasteiger partial charge in [-0.2, -0.15) is 0 Å². The van der Waals surface area contributed by atoms with Crippen molar-refractivity contribution < 1.29 is 23.0 Å². The van der Waals surface area contributed by atoms with Crippen LogP contribution in [0.4, 0.5) is 13.6 Å². The third-order valence-corrected chi connectivity index (χ3v) is 5.82. The minimum atomic E-state index is -0.771. The third kappa shape index (κ3) is 3.98. The molecule has 0 aliphatic carbocycles. The van der Waals surface area contributed by atoms with Gasteiger partial charge in [-0.1, -0.05) is 5.21 Å². The van der Waals surface area contributed by atoms with Gasteiger partial charge in [0.25, 0.3) is 0 Å². The molecule has 0 spiro atoms.